The molecular weight excluding hydrogens is 284 g/mol. The van der Waals surface area contributed by atoms with Crippen LogP contribution >= 0.6 is 0 Å². The van der Waals surface area contributed by atoms with E-state index in [-0.39, 0.29) is 24.7 Å². The number of hydrogen-bond acceptors (Lipinski definition) is 4. The number of rotatable bonds is 6. The second kappa shape index (κ2) is 6.25. The van der Waals surface area contributed by atoms with Gasteiger partial charge in [-0.15, -0.1) is 0 Å². The third-order valence-corrected chi connectivity index (χ3v) is 3.81. The lowest BCUT2D eigenvalue weighted by molar-refractivity contribution is -0.123. The average Bonchev–Trinajstić information content (AvgIpc) is 3.28. The molecule has 1 unspecified atom stereocenters. The van der Waals surface area contributed by atoms with Crippen molar-refractivity contribution in [3.05, 3.63) is 29.8 Å². The Bertz CT molecular complexity index is 554. The van der Waals surface area contributed by atoms with Gasteiger partial charge in [0, 0.05) is 6.04 Å². The normalized spacial score (nSPS) is 20.7. The quantitative estimate of drug-likeness (QED) is 0.864. The van der Waals surface area contributed by atoms with Crippen molar-refractivity contribution in [2.75, 3.05) is 19.7 Å². The van der Waals surface area contributed by atoms with Gasteiger partial charge < -0.3 is 19.7 Å². The summed E-state index contributed by atoms with van der Waals surface area (Å²) in [5, 5.41) is 2.74. The lowest BCUT2D eigenvalue weighted by Crippen LogP contribution is -2.37. The van der Waals surface area contributed by atoms with Gasteiger partial charge in [0.05, 0.1) is 13.1 Å². The molecular formula is C16H20N2O4. The van der Waals surface area contributed by atoms with Gasteiger partial charge in [0.2, 0.25) is 0 Å². The first-order chi connectivity index (χ1) is 10.6. The fourth-order valence-corrected chi connectivity index (χ4v) is 2.39. The SMILES string of the molecule is Cc1ccc(OCC(=O)NCC2CN(C3CC3)C(=O)O2)cc1. The van der Waals surface area contributed by atoms with E-state index in [9.17, 15) is 9.59 Å². The van der Waals surface area contributed by atoms with Crippen molar-refractivity contribution >= 4 is 12.0 Å². The Kier molecular flexibility index (Phi) is 4.18. The third kappa shape index (κ3) is 3.69. The summed E-state index contributed by atoms with van der Waals surface area (Å²) in [5.41, 5.74) is 1.14. The van der Waals surface area contributed by atoms with Crippen molar-refractivity contribution in [3.8, 4) is 5.75 Å². The molecule has 1 aliphatic carbocycles. The van der Waals surface area contributed by atoms with E-state index < -0.39 is 0 Å². The molecule has 1 N–H and O–H groups in total. The van der Waals surface area contributed by atoms with Gasteiger partial charge in [0.1, 0.15) is 11.9 Å². The lowest BCUT2D eigenvalue weighted by Gasteiger charge is -2.12. The number of carbonyl (C=O) groups is 2. The standard InChI is InChI=1S/C16H20N2O4/c1-11-2-6-13(7-3-11)21-10-15(19)17-8-14-9-18(12-4-5-12)16(20)22-14/h2-3,6-7,12,14H,4-5,8-10H2,1H3,(H,17,19). The van der Waals surface area contributed by atoms with Crippen LogP contribution in [0.2, 0.25) is 0 Å². The van der Waals surface area contributed by atoms with E-state index in [1.165, 1.54) is 0 Å². The van der Waals surface area contributed by atoms with Crippen LogP contribution in [0, 0.1) is 6.92 Å². The van der Waals surface area contributed by atoms with Crippen LogP contribution in [-0.4, -0.2) is 48.7 Å². The number of carbonyl (C=O) groups excluding carboxylic acids is 2. The molecule has 2 aliphatic rings. The zero-order valence-corrected chi connectivity index (χ0v) is 12.6. The summed E-state index contributed by atoms with van der Waals surface area (Å²) in [6.45, 7) is 2.83. The van der Waals surface area contributed by atoms with E-state index in [0.717, 1.165) is 18.4 Å². The van der Waals surface area contributed by atoms with E-state index in [0.29, 0.717) is 24.9 Å². The number of aryl methyl sites for hydroxylation is 1. The molecule has 118 valence electrons. The minimum atomic E-state index is -0.267. The van der Waals surface area contributed by atoms with Gasteiger partial charge in [-0.3, -0.25) is 4.79 Å². The number of hydrogen-bond donors (Lipinski definition) is 1. The Morgan fingerprint density at radius 3 is 2.77 bits per heavy atom. The largest absolute Gasteiger partial charge is 0.484 e. The van der Waals surface area contributed by atoms with Crippen LogP contribution in [0.3, 0.4) is 0 Å². The molecule has 2 fully saturated rings. The molecule has 3 rings (SSSR count). The molecule has 1 aromatic rings. The van der Waals surface area contributed by atoms with Crippen molar-refractivity contribution in [3.63, 3.8) is 0 Å². The van der Waals surface area contributed by atoms with E-state index in [2.05, 4.69) is 5.32 Å². The molecule has 22 heavy (non-hydrogen) atoms. The van der Waals surface area contributed by atoms with E-state index in [1.54, 1.807) is 4.90 Å². The highest BCUT2D eigenvalue weighted by molar-refractivity contribution is 5.77. The van der Waals surface area contributed by atoms with Crippen LogP contribution < -0.4 is 10.1 Å². The van der Waals surface area contributed by atoms with Crippen molar-refractivity contribution in [1.29, 1.82) is 0 Å². The average molecular weight is 304 g/mol. The van der Waals surface area contributed by atoms with Gasteiger partial charge in [-0.05, 0) is 31.9 Å². The highest BCUT2D eigenvalue weighted by atomic mass is 16.6. The maximum Gasteiger partial charge on any atom is 0.410 e. The number of ether oxygens (including phenoxy) is 2. The minimum Gasteiger partial charge on any atom is -0.484 e. The first-order valence-corrected chi connectivity index (χ1v) is 7.55. The van der Waals surface area contributed by atoms with Gasteiger partial charge in [-0.1, -0.05) is 17.7 Å². The Labute approximate surface area is 129 Å². The van der Waals surface area contributed by atoms with E-state index >= 15 is 0 Å². The monoisotopic (exact) mass is 304 g/mol. The van der Waals surface area contributed by atoms with E-state index in [1.807, 2.05) is 31.2 Å². The molecule has 6 nitrogen and oxygen atoms in total. The van der Waals surface area contributed by atoms with Crippen LogP contribution in [0.25, 0.3) is 0 Å². The first-order valence-electron chi connectivity index (χ1n) is 7.55. The van der Waals surface area contributed by atoms with Crippen LogP contribution in [0.15, 0.2) is 24.3 Å². The topological polar surface area (TPSA) is 67.9 Å². The zero-order chi connectivity index (χ0) is 15.5. The van der Waals surface area contributed by atoms with Crippen LogP contribution in [0.5, 0.6) is 5.75 Å². The predicted molar refractivity (Wildman–Crippen MR) is 79.7 cm³/mol. The molecule has 1 aromatic carbocycles. The lowest BCUT2D eigenvalue weighted by atomic mass is 10.2. The van der Waals surface area contributed by atoms with E-state index in [4.69, 9.17) is 9.47 Å². The second-order valence-electron chi connectivity index (χ2n) is 5.80. The Hall–Kier alpha value is -2.24. The first kappa shape index (κ1) is 14.7. The smallest absolute Gasteiger partial charge is 0.410 e. The predicted octanol–water partition coefficient (Wildman–Crippen LogP) is 1.47. The maximum atomic E-state index is 11.8. The molecule has 0 bridgehead atoms. The van der Waals surface area contributed by atoms with Crippen molar-refractivity contribution < 1.29 is 19.1 Å². The summed E-state index contributed by atoms with van der Waals surface area (Å²) in [6, 6.07) is 7.86. The molecule has 1 saturated carbocycles. The van der Waals surface area contributed by atoms with Crippen molar-refractivity contribution in [1.82, 2.24) is 10.2 Å². The Morgan fingerprint density at radius 1 is 1.36 bits per heavy atom. The second-order valence-corrected chi connectivity index (χ2v) is 5.80. The molecule has 1 atom stereocenters. The molecule has 0 radical (unpaired) electrons. The van der Waals surface area contributed by atoms with Crippen molar-refractivity contribution in [2.45, 2.75) is 31.9 Å². The summed E-state index contributed by atoms with van der Waals surface area (Å²) in [5.74, 6) is 0.439. The highest BCUT2D eigenvalue weighted by Crippen LogP contribution is 2.30. The van der Waals surface area contributed by atoms with Gasteiger partial charge in [0.25, 0.3) is 5.91 Å². The third-order valence-electron chi connectivity index (χ3n) is 3.81. The Balaban J connectivity index is 1.37. The molecule has 1 heterocycles. The summed E-state index contributed by atoms with van der Waals surface area (Å²) in [4.78, 5) is 25.1. The van der Waals surface area contributed by atoms with Crippen LogP contribution in [-0.2, 0) is 9.53 Å². The van der Waals surface area contributed by atoms with Gasteiger partial charge in [-0.2, -0.15) is 0 Å². The van der Waals surface area contributed by atoms with Crippen LogP contribution in [0.4, 0.5) is 4.79 Å². The summed E-state index contributed by atoms with van der Waals surface area (Å²) in [7, 11) is 0. The summed E-state index contributed by atoms with van der Waals surface area (Å²) >= 11 is 0. The minimum absolute atomic E-state index is 0.0456. The molecule has 0 spiro atoms. The molecule has 1 saturated heterocycles. The molecule has 0 aromatic heterocycles. The molecule has 1 aliphatic heterocycles. The fraction of sp³-hybridized carbons (Fsp3) is 0.500. The number of amides is 2. The van der Waals surface area contributed by atoms with Gasteiger partial charge >= 0.3 is 6.09 Å². The number of cyclic esters (lactones) is 1. The maximum absolute atomic E-state index is 11.8. The fourth-order valence-electron chi connectivity index (χ4n) is 2.39. The van der Waals surface area contributed by atoms with Crippen LogP contribution in [0.1, 0.15) is 18.4 Å². The summed E-state index contributed by atoms with van der Waals surface area (Å²) < 4.78 is 10.6. The van der Waals surface area contributed by atoms with Gasteiger partial charge in [0.15, 0.2) is 6.61 Å². The molecule has 2 amide bonds. The number of benzene rings is 1. The van der Waals surface area contributed by atoms with Crippen molar-refractivity contribution in [2.24, 2.45) is 0 Å². The number of nitrogens with one attached hydrogen (secondary N) is 1. The summed E-state index contributed by atoms with van der Waals surface area (Å²) in [6.07, 6.45) is 1.58. The molecule has 6 heteroatoms. The Morgan fingerprint density at radius 2 is 2.09 bits per heavy atom. The zero-order valence-electron chi connectivity index (χ0n) is 12.6. The highest BCUT2D eigenvalue weighted by Gasteiger charge is 2.40. The number of nitrogens with zero attached hydrogens (tertiary/aromatic N) is 1. The van der Waals surface area contributed by atoms with Gasteiger partial charge in [-0.25, -0.2) is 4.79 Å².